The van der Waals surface area contributed by atoms with Crippen LogP contribution in [0.2, 0.25) is 0 Å². The van der Waals surface area contributed by atoms with Gasteiger partial charge in [-0.1, -0.05) is 30.3 Å². The molecule has 7 nitrogen and oxygen atoms in total. The van der Waals surface area contributed by atoms with Gasteiger partial charge in [0, 0.05) is 27.4 Å². The lowest BCUT2D eigenvalue weighted by Gasteiger charge is -2.32. The summed E-state index contributed by atoms with van der Waals surface area (Å²) >= 11 is 0. The highest BCUT2D eigenvalue weighted by molar-refractivity contribution is 5.87. The highest BCUT2D eigenvalue weighted by atomic mass is 16.6. The number of hydrazine groups is 1. The zero-order chi connectivity index (χ0) is 19.2. The van der Waals surface area contributed by atoms with Crippen LogP contribution >= 0.6 is 0 Å². The van der Waals surface area contributed by atoms with E-state index in [2.05, 4.69) is 5.43 Å². The Kier molecular flexibility index (Phi) is 6.97. The predicted octanol–water partition coefficient (Wildman–Crippen LogP) is 1.97. The Morgan fingerprint density at radius 1 is 1.12 bits per heavy atom. The average molecular weight is 349 g/mol. The molecule has 138 valence electrons. The van der Waals surface area contributed by atoms with Crippen LogP contribution in [0.15, 0.2) is 30.3 Å². The number of benzene rings is 1. The number of hydrogen-bond donors (Lipinski definition) is 1. The summed E-state index contributed by atoms with van der Waals surface area (Å²) in [7, 11) is 2.96. The Morgan fingerprint density at radius 2 is 1.68 bits per heavy atom. The van der Waals surface area contributed by atoms with Gasteiger partial charge in [0.05, 0.1) is 0 Å². The quantitative estimate of drug-likeness (QED) is 0.843. The van der Waals surface area contributed by atoms with Crippen molar-refractivity contribution in [2.75, 3.05) is 14.1 Å². The van der Waals surface area contributed by atoms with Crippen molar-refractivity contribution in [3.8, 4) is 0 Å². The van der Waals surface area contributed by atoms with Crippen LogP contribution in [-0.2, 0) is 20.7 Å². The van der Waals surface area contributed by atoms with Gasteiger partial charge >= 0.3 is 6.09 Å². The summed E-state index contributed by atoms with van der Waals surface area (Å²) in [6, 6.07) is 8.54. The monoisotopic (exact) mass is 349 g/mol. The second kappa shape index (κ2) is 8.50. The van der Waals surface area contributed by atoms with E-state index < -0.39 is 23.6 Å². The molecule has 0 aliphatic rings. The van der Waals surface area contributed by atoms with Gasteiger partial charge in [-0.05, 0) is 26.3 Å². The summed E-state index contributed by atoms with van der Waals surface area (Å²) in [5.41, 5.74) is 2.64. The third-order valence-electron chi connectivity index (χ3n) is 3.36. The lowest BCUT2D eigenvalue weighted by Crippen LogP contribution is -2.54. The molecule has 1 aromatic rings. The molecule has 0 unspecified atom stereocenters. The Balaban J connectivity index is 3.03. The van der Waals surface area contributed by atoms with Crippen molar-refractivity contribution in [2.24, 2.45) is 0 Å². The zero-order valence-electron chi connectivity index (χ0n) is 15.7. The minimum atomic E-state index is -0.811. The van der Waals surface area contributed by atoms with Gasteiger partial charge < -0.3 is 4.74 Å². The molecular formula is C18H27N3O4. The molecule has 1 N–H and O–H groups in total. The number of nitrogens with one attached hydrogen (secondary N) is 1. The van der Waals surface area contributed by atoms with Crippen LogP contribution in [0.4, 0.5) is 4.79 Å². The van der Waals surface area contributed by atoms with E-state index in [1.165, 1.54) is 25.9 Å². The largest absolute Gasteiger partial charge is 0.444 e. The van der Waals surface area contributed by atoms with Gasteiger partial charge in [0.2, 0.25) is 5.91 Å². The standard InChI is InChI=1S/C18H27N3O4/c1-13(22)19-21(6)16(23)15(12-14-10-8-7-9-11-14)20(5)17(24)25-18(2,3)4/h7-11,15H,12H2,1-6H3,(H,19,22)/t15-/m1/s1. The third kappa shape index (κ3) is 6.82. The number of ether oxygens (including phenoxy) is 1. The van der Waals surface area contributed by atoms with E-state index in [1.807, 2.05) is 30.3 Å². The maximum Gasteiger partial charge on any atom is 0.410 e. The molecule has 0 fully saturated rings. The normalized spacial score (nSPS) is 12.1. The van der Waals surface area contributed by atoms with E-state index in [1.54, 1.807) is 20.8 Å². The number of carbonyl (C=O) groups is 3. The fraction of sp³-hybridized carbons (Fsp3) is 0.500. The molecule has 0 aliphatic heterocycles. The molecule has 1 atom stereocenters. The molecule has 0 aromatic heterocycles. The van der Waals surface area contributed by atoms with Crippen molar-refractivity contribution in [1.82, 2.24) is 15.3 Å². The molecule has 3 amide bonds. The van der Waals surface area contributed by atoms with Crippen LogP contribution in [0.5, 0.6) is 0 Å². The fourth-order valence-corrected chi connectivity index (χ4v) is 2.20. The topological polar surface area (TPSA) is 79.0 Å². The summed E-state index contributed by atoms with van der Waals surface area (Å²) in [5.74, 6) is -0.776. The number of hydrogen-bond acceptors (Lipinski definition) is 4. The summed E-state index contributed by atoms with van der Waals surface area (Å²) in [6.07, 6.45) is -0.294. The van der Waals surface area contributed by atoms with Gasteiger partial charge in [0.1, 0.15) is 11.6 Å². The van der Waals surface area contributed by atoms with Gasteiger partial charge in [-0.25, -0.2) is 4.79 Å². The fourth-order valence-electron chi connectivity index (χ4n) is 2.20. The van der Waals surface area contributed by atoms with Crippen LogP contribution in [-0.4, -0.2) is 53.6 Å². The Bertz CT molecular complexity index is 610. The van der Waals surface area contributed by atoms with Crippen LogP contribution in [0.3, 0.4) is 0 Å². The van der Waals surface area contributed by atoms with Gasteiger partial charge in [-0.2, -0.15) is 0 Å². The van der Waals surface area contributed by atoms with Crippen LogP contribution in [0.25, 0.3) is 0 Å². The van der Waals surface area contributed by atoms with Crippen molar-refractivity contribution >= 4 is 17.9 Å². The number of carbonyl (C=O) groups excluding carboxylic acids is 3. The molecule has 0 aliphatic carbocycles. The van der Waals surface area contributed by atoms with Crippen LogP contribution in [0, 0.1) is 0 Å². The number of rotatable bonds is 4. The molecule has 0 bridgehead atoms. The first-order valence-corrected chi connectivity index (χ1v) is 8.06. The van der Waals surface area contributed by atoms with Crippen molar-refractivity contribution < 1.29 is 19.1 Å². The van der Waals surface area contributed by atoms with E-state index in [-0.39, 0.29) is 5.91 Å². The van der Waals surface area contributed by atoms with E-state index in [0.29, 0.717) is 6.42 Å². The molecule has 1 aromatic carbocycles. The minimum Gasteiger partial charge on any atom is -0.444 e. The molecule has 0 saturated carbocycles. The molecule has 0 radical (unpaired) electrons. The predicted molar refractivity (Wildman–Crippen MR) is 94.5 cm³/mol. The lowest BCUT2D eigenvalue weighted by molar-refractivity contribution is -0.142. The SMILES string of the molecule is CC(=O)NN(C)C(=O)[C@@H](Cc1ccccc1)N(C)C(=O)OC(C)(C)C. The Hall–Kier alpha value is -2.57. The molecule has 7 heteroatoms. The first kappa shape index (κ1) is 20.5. The van der Waals surface area contributed by atoms with E-state index >= 15 is 0 Å². The van der Waals surface area contributed by atoms with Gasteiger partial charge in [-0.3, -0.25) is 24.9 Å². The maximum atomic E-state index is 12.8. The second-order valence-electron chi connectivity index (χ2n) is 6.86. The number of nitrogens with zero attached hydrogens (tertiary/aromatic N) is 2. The molecular weight excluding hydrogens is 322 g/mol. The number of likely N-dealkylation sites (N-methyl/N-ethyl adjacent to an activating group) is 2. The lowest BCUT2D eigenvalue weighted by atomic mass is 10.0. The minimum absolute atomic E-state index is 0.305. The van der Waals surface area contributed by atoms with Crippen molar-refractivity contribution in [3.63, 3.8) is 0 Å². The molecule has 0 heterocycles. The van der Waals surface area contributed by atoms with E-state index in [0.717, 1.165) is 10.6 Å². The van der Waals surface area contributed by atoms with Gasteiger partial charge in [-0.15, -0.1) is 0 Å². The summed E-state index contributed by atoms with van der Waals surface area (Å²) in [6.45, 7) is 6.59. The highest BCUT2D eigenvalue weighted by Gasteiger charge is 2.32. The summed E-state index contributed by atoms with van der Waals surface area (Å²) in [5, 5.41) is 1.09. The second-order valence-corrected chi connectivity index (χ2v) is 6.86. The van der Waals surface area contributed by atoms with Gasteiger partial charge in [0.25, 0.3) is 5.91 Å². The Morgan fingerprint density at radius 3 is 2.16 bits per heavy atom. The highest BCUT2D eigenvalue weighted by Crippen LogP contribution is 2.15. The molecule has 1 rings (SSSR count). The van der Waals surface area contributed by atoms with Crippen LogP contribution in [0.1, 0.15) is 33.3 Å². The van der Waals surface area contributed by atoms with Crippen LogP contribution < -0.4 is 5.43 Å². The summed E-state index contributed by atoms with van der Waals surface area (Å²) in [4.78, 5) is 37.6. The average Bonchev–Trinajstić information content (AvgIpc) is 2.50. The van der Waals surface area contributed by atoms with Crippen molar-refractivity contribution in [1.29, 1.82) is 0 Å². The van der Waals surface area contributed by atoms with E-state index in [4.69, 9.17) is 4.74 Å². The molecule has 25 heavy (non-hydrogen) atoms. The zero-order valence-corrected chi connectivity index (χ0v) is 15.7. The van der Waals surface area contributed by atoms with E-state index in [9.17, 15) is 14.4 Å². The van der Waals surface area contributed by atoms with Crippen molar-refractivity contribution in [3.05, 3.63) is 35.9 Å². The first-order chi connectivity index (χ1) is 11.5. The first-order valence-electron chi connectivity index (χ1n) is 8.06. The molecule has 0 spiro atoms. The number of amides is 3. The van der Waals surface area contributed by atoms with Crippen molar-refractivity contribution in [2.45, 2.75) is 45.8 Å². The Labute approximate surface area is 148 Å². The smallest absolute Gasteiger partial charge is 0.410 e. The third-order valence-corrected chi connectivity index (χ3v) is 3.36. The van der Waals surface area contributed by atoms with Gasteiger partial charge in [0.15, 0.2) is 0 Å². The molecule has 0 saturated heterocycles. The maximum absolute atomic E-state index is 12.8. The summed E-state index contributed by atoms with van der Waals surface area (Å²) < 4.78 is 5.36.